The molecule has 21 heavy (non-hydrogen) atoms. The number of nitrogens with zero attached hydrogens (tertiary/aromatic N) is 3. The van der Waals surface area contributed by atoms with Crippen LogP contribution in [0.5, 0.6) is 0 Å². The van der Waals surface area contributed by atoms with Crippen molar-refractivity contribution in [2.75, 3.05) is 19.6 Å². The number of likely N-dealkylation sites (tertiary alicyclic amines) is 1. The Morgan fingerprint density at radius 1 is 1.33 bits per heavy atom. The molecule has 6 heteroatoms. The van der Waals surface area contributed by atoms with Crippen LogP contribution in [0.2, 0.25) is 0 Å². The SMILES string of the molecule is Cl.NCC1CCN(C(=O)c2ccc(-n3cccn3)cc2)C1. The number of aromatic nitrogens is 2. The van der Waals surface area contributed by atoms with Gasteiger partial charge in [0.25, 0.3) is 5.91 Å². The van der Waals surface area contributed by atoms with E-state index in [1.807, 2.05) is 41.4 Å². The molecule has 1 fully saturated rings. The van der Waals surface area contributed by atoms with E-state index in [1.165, 1.54) is 0 Å². The van der Waals surface area contributed by atoms with E-state index < -0.39 is 0 Å². The highest BCUT2D eigenvalue weighted by molar-refractivity contribution is 5.94. The van der Waals surface area contributed by atoms with Gasteiger partial charge in [-0.15, -0.1) is 12.4 Å². The smallest absolute Gasteiger partial charge is 0.253 e. The molecule has 0 saturated carbocycles. The Labute approximate surface area is 130 Å². The number of nitrogens with two attached hydrogens (primary N) is 1. The van der Waals surface area contributed by atoms with Crippen LogP contribution in [0.1, 0.15) is 16.8 Å². The Hall–Kier alpha value is -1.85. The number of hydrogen-bond acceptors (Lipinski definition) is 3. The van der Waals surface area contributed by atoms with Gasteiger partial charge in [0.05, 0.1) is 5.69 Å². The summed E-state index contributed by atoms with van der Waals surface area (Å²) < 4.78 is 1.77. The zero-order valence-electron chi connectivity index (χ0n) is 11.7. The van der Waals surface area contributed by atoms with Crippen molar-refractivity contribution in [1.82, 2.24) is 14.7 Å². The third kappa shape index (κ3) is 3.25. The molecule has 1 aliphatic heterocycles. The molecule has 1 aromatic heterocycles. The fourth-order valence-electron chi connectivity index (χ4n) is 2.57. The van der Waals surface area contributed by atoms with Crippen molar-refractivity contribution < 1.29 is 4.79 Å². The first-order chi connectivity index (χ1) is 9.78. The summed E-state index contributed by atoms with van der Waals surface area (Å²) in [5.41, 5.74) is 7.33. The summed E-state index contributed by atoms with van der Waals surface area (Å²) in [4.78, 5) is 14.3. The maximum absolute atomic E-state index is 12.4. The highest BCUT2D eigenvalue weighted by Gasteiger charge is 2.25. The highest BCUT2D eigenvalue weighted by atomic mass is 35.5. The Kier molecular flexibility index (Phi) is 4.98. The summed E-state index contributed by atoms with van der Waals surface area (Å²) in [6, 6.07) is 9.41. The minimum absolute atomic E-state index is 0. The lowest BCUT2D eigenvalue weighted by molar-refractivity contribution is 0.0787. The average molecular weight is 307 g/mol. The lowest BCUT2D eigenvalue weighted by atomic mass is 10.1. The van der Waals surface area contributed by atoms with Crippen LogP contribution in [0.15, 0.2) is 42.7 Å². The van der Waals surface area contributed by atoms with Crippen molar-refractivity contribution in [2.24, 2.45) is 11.7 Å². The van der Waals surface area contributed by atoms with E-state index in [2.05, 4.69) is 5.10 Å². The quantitative estimate of drug-likeness (QED) is 0.939. The molecule has 1 atom stereocenters. The molecule has 1 saturated heterocycles. The van der Waals surface area contributed by atoms with Crippen LogP contribution in [0.4, 0.5) is 0 Å². The van der Waals surface area contributed by atoms with E-state index >= 15 is 0 Å². The number of carbonyl (C=O) groups is 1. The highest BCUT2D eigenvalue weighted by Crippen LogP contribution is 2.18. The van der Waals surface area contributed by atoms with Gasteiger partial charge < -0.3 is 10.6 Å². The third-order valence-electron chi connectivity index (χ3n) is 3.79. The number of rotatable bonds is 3. The van der Waals surface area contributed by atoms with Gasteiger partial charge in [-0.3, -0.25) is 4.79 Å². The fraction of sp³-hybridized carbons (Fsp3) is 0.333. The Morgan fingerprint density at radius 3 is 2.67 bits per heavy atom. The summed E-state index contributed by atoms with van der Waals surface area (Å²) in [6.45, 7) is 2.24. The van der Waals surface area contributed by atoms with Crippen LogP contribution in [0.3, 0.4) is 0 Å². The first kappa shape index (κ1) is 15.5. The van der Waals surface area contributed by atoms with E-state index in [1.54, 1.807) is 10.9 Å². The van der Waals surface area contributed by atoms with Crippen LogP contribution >= 0.6 is 12.4 Å². The first-order valence-corrected chi connectivity index (χ1v) is 6.87. The molecule has 2 N–H and O–H groups in total. The number of hydrogen-bond donors (Lipinski definition) is 1. The molecule has 5 nitrogen and oxygen atoms in total. The lowest BCUT2D eigenvalue weighted by Gasteiger charge is -2.16. The molecule has 1 aliphatic rings. The van der Waals surface area contributed by atoms with E-state index in [4.69, 9.17) is 5.73 Å². The van der Waals surface area contributed by atoms with Crippen molar-refractivity contribution >= 4 is 18.3 Å². The second-order valence-corrected chi connectivity index (χ2v) is 5.14. The second kappa shape index (κ2) is 6.74. The Balaban J connectivity index is 0.00000161. The molecule has 2 aromatic rings. The second-order valence-electron chi connectivity index (χ2n) is 5.14. The monoisotopic (exact) mass is 306 g/mol. The molecule has 1 aromatic carbocycles. The molecule has 1 amide bonds. The summed E-state index contributed by atoms with van der Waals surface area (Å²) in [6.07, 6.45) is 4.62. The summed E-state index contributed by atoms with van der Waals surface area (Å²) in [5, 5.41) is 4.17. The van der Waals surface area contributed by atoms with Crippen molar-refractivity contribution in [3.63, 3.8) is 0 Å². The zero-order chi connectivity index (χ0) is 13.9. The van der Waals surface area contributed by atoms with Crippen LogP contribution in [-0.4, -0.2) is 40.2 Å². The molecule has 0 radical (unpaired) electrons. The van der Waals surface area contributed by atoms with Crippen molar-refractivity contribution in [3.8, 4) is 5.69 Å². The molecule has 0 bridgehead atoms. The number of halogens is 1. The van der Waals surface area contributed by atoms with Crippen molar-refractivity contribution in [1.29, 1.82) is 0 Å². The molecular formula is C15H19ClN4O. The van der Waals surface area contributed by atoms with Crippen LogP contribution in [-0.2, 0) is 0 Å². The van der Waals surface area contributed by atoms with E-state index in [0.717, 1.165) is 30.8 Å². The largest absolute Gasteiger partial charge is 0.338 e. The van der Waals surface area contributed by atoms with Crippen molar-refractivity contribution in [2.45, 2.75) is 6.42 Å². The van der Waals surface area contributed by atoms with Crippen LogP contribution in [0.25, 0.3) is 5.69 Å². The third-order valence-corrected chi connectivity index (χ3v) is 3.79. The van der Waals surface area contributed by atoms with E-state index in [9.17, 15) is 4.79 Å². The molecule has 3 rings (SSSR count). The average Bonchev–Trinajstić information content (AvgIpc) is 3.18. The first-order valence-electron chi connectivity index (χ1n) is 6.87. The number of amides is 1. The Bertz CT molecular complexity index is 582. The van der Waals surface area contributed by atoms with Gasteiger partial charge >= 0.3 is 0 Å². The maximum Gasteiger partial charge on any atom is 0.253 e. The fourth-order valence-corrected chi connectivity index (χ4v) is 2.57. The zero-order valence-corrected chi connectivity index (χ0v) is 12.5. The van der Waals surface area contributed by atoms with E-state index in [-0.39, 0.29) is 18.3 Å². The predicted molar refractivity (Wildman–Crippen MR) is 83.9 cm³/mol. The van der Waals surface area contributed by atoms with Gasteiger partial charge in [-0.05, 0) is 49.2 Å². The molecule has 112 valence electrons. The normalized spacial score (nSPS) is 17.6. The van der Waals surface area contributed by atoms with Gasteiger partial charge in [0.15, 0.2) is 0 Å². The molecule has 0 spiro atoms. The minimum Gasteiger partial charge on any atom is -0.338 e. The number of carbonyl (C=O) groups excluding carboxylic acids is 1. The van der Waals surface area contributed by atoms with Gasteiger partial charge in [0.2, 0.25) is 0 Å². The standard InChI is InChI=1S/C15H18N4O.ClH/c16-10-12-6-9-18(11-12)15(20)13-2-4-14(5-3-13)19-8-1-7-17-19;/h1-5,7-8,12H,6,9-11,16H2;1H. The van der Waals surface area contributed by atoms with E-state index in [0.29, 0.717) is 12.5 Å². The number of benzene rings is 1. The van der Waals surface area contributed by atoms with Gasteiger partial charge in [-0.25, -0.2) is 4.68 Å². The summed E-state index contributed by atoms with van der Waals surface area (Å²) in [5.74, 6) is 0.537. The minimum atomic E-state index is 0. The predicted octanol–water partition coefficient (Wildman–Crippen LogP) is 1.71. The molecule has 1 unspecified atom stereocenters. The van der Waals surface area contributed by atoms with Gasteiger partial charge in [-0.2, -0.15) is 5.10 Å². The molecule has 0 aliphatic carbocycles. The maximum atomic E-state index is 12.4. The van der Waals surface area contributed by atoms with Gasteiger partial charge in [-0.1, -0.05) is 0 Å². The summed E-state index contributed by atoms with van der Waals surface area (Å²) in [7, 11) is 0. The van der Waals surface area contributed by atoms with Gasteiger partial charge in [0, 0.05) is 31.0 Å². The van der Waals surface area contributed by atoms with Crippen LogP contribution in [0, 0.1) is 5.92 Å². The summed E-state index contributed by atoms with van der Waals surface area (Å²) >= 11 is 0. The van der Waals surface area contributed by atoms with Crippen LogP contribution < -0.4 is 5.73 Å². The Morgan fingerprint density at radius 2 is 2.10 bits per heavy atom. The van der Waals surface area contributed by atoms with Crippen molar-refractivity contribution in [3.05, 3.63) is 48.3 Å². The van der Waals surface area contributed by atoms with Gasteiger partial charge in [0.1, 0.15) is 0 Å². The molecular weight excluding hydrogens is 288 g/mol. The lowest BCUT2D eigenvalue weighted by Crippen LogP contribution is -2.29. The molecule has 2 heterocycles. The topological polar surface area (TPSA) is 64.2 Å².